The van der Waals surface area contributed by atoms with Crippen LogP contribution in [0.5, 0.6) is 0 Å². The van der Waals surface area contributed by atoms with Gasteiger partial charge in [0.15, 0.2) is 0 Å². The highest BCUT2D eigenvalue weighted by Gasteiger charge is 2.24. The number of carbonyl (C=O) groups is 1. The zero-order valence-electron chi connectivity index (χ0n) is 12.1. The molecule has 0 fully saturated rings. The summed E-state index contributed by atoms with van der Waals surface area (Å²) in [6, 6.07) is -0.207. The summed E-state index contributed by atoms with van der Waals surface area (Å²) in [5.41, 5.74) is 0.350. The third-order valence-corrected chi connectivity index (χ3v) is 2.68. The Hall–Kier alpha value is -2.32. The Morgan fingerprint density at radius 2 is 2.10 bits per heavy atom. The van der Waals surface area contributed by atoms with Gasteiger partial charge in [-0.2, -0.15) is 5.10 Å². The molecule has 0 saturated heterocycles. The van der Waals surface area contributed by atoms with E-state index in [1.165, 1.54) is 4.90 Å². The standard InChI is InChI=1S/C11H20N6O3/c1-5-16-10(9(17(19)20)8(2)14-16)12-6-7-13-11(18)15(3)4/h12H,5-7H2,1-4H3,(H,13,18). The number of hydrogen-bond acceptors (Lipinski definition) is 5. The van der Waals surface area contributed by atoms with Crippen molar-refractivity contribution in [3.8, 4) is 0 Å². The molecule has 112 valence electrons. The average Bonchev–Trinajstić information content (AvgIpc) is 2.70. The molecule has 2 N–H and O–H groups in total. The second-order valence-electron chi connectivity index (χ2n) is 4.41. The lowest BCUT2D eigenvalue weighted by Gasteiger charge is -2.12. The van der Waals surface area contributed by atoms with Crippen LogP contribution in [0.4, 0.5) is 16.3 Å². The van der Waals surface area contributed by atoms with Crippen molar-refractivity contribution in [2.45, 2.75) is 20.4 Å². The van der Waals surface area contributed by atoms with Gasteiger partial charge in [-0.15, -0.1) is 0 Å². The Balaban J connectivity index is 2.68. The van der Waals surface area contributed by atoms with Crippen molar-refractivity contribution in [3.63, 3.8) is 0 Å². The summed E-state index contributed by atoms with van der Waals surface area (Å²) in [7, 11) is 3.28. The maximum atomic E-state index is 11.3. The molecule has 1 aromatic rings. The normalized spacial score (nSPS) is 10.2. The monoisotopic (exact) mass is 284 g/mol. The smallest absolute Gasteiger partial charge is 0.333 e. The fourth-order valence-electron chi connectivity index (χ4n) is 1.70. The molecule has 0 radical (unpaired) electrons. The van der Waals surface area contributed by atoms with Crippen molar-refractivity contribution in [2.24, 2.45) is 0 Å². The third-order valence-electron chi connectivity index (χ3n) is 2.68. The molecule has 20 heavy (non-hydrogen) atoms. The molecule has 0 aliphatic carbocycles. The summed E-state index contributed by atoms with van der Waals surface area (Å²) in [6.07, 6.45) is 0. The van der Waals surface area contributed by atoms with E-state index in [1.807, 2.05) is 6.92 Å². The number of carbonyl (C=O) groups excluding carboxylic acids is 1. The van der Waals surface area contributed by atoms with Gasteiger partial charge in [0.2, 0.25) is 5.82 Å². The van der Waals surface area contributed by atoms with Crippen LogP contribution in [-0.2, 0) is 6.54 Å². The molecule has 0 aliphatic rings. The first-order valence-corrected chi connectivity index (χ1v) is 6.29. The molecule has 9 heteroatoms. The number of nitro groups is 1. The Bertz CT molecular complexity index is 497. The number of rotatable bonds is 6. The summed E-state index contributed by atoms with van der Waals surface area (Å²) < 4.78 is 1.54. The molecule has 0 aliphatic heterocycles. The molecule has 0 unspecified atom stereocenters. The highest BCUT2D eigenvalue weighted by Crippen LogP contribution is 2.27. The Kier molecular flexibility index (Phi) is 5.30. The largest absolute Gasteiger partial charge is 0.363 e. The van der Waals surface area contributed by atoms with Gasteiger partial charge < -0.3 is 15.5 Å². The second kappa shape index (κ2) is 6.73. The fraction of sp³-hybridized carbons (Fsp3) is 0.636. The summed E-state index contributed by atoms with van der Waals surface area (Å²) in [5, 5.41) is 20.8. The maximum absolute atomic E-state index is 11.3. The van der Waals surface area contributed by atoms with Crippen LogP contribution in [0.3, 0.4) is 0 Å². The van der Waals surface area contributed by atoms with Gasteiger partial charge in [-0.25, -0.2) is 9.48 Å². The first-order valence-electron chi connectivity index (χ1n) is 6.29. The SMILES string of the molecule is CCn1nc(C)c([N+](=O)[O-])c1NCCNC(=O)N(C)C. The number of urea groups is 1. The molecule has 0 bridgehead atoms. The van der Waals surface area contributed by atoms with Crippen LogP contribution >= 0.6 is 0 Å². The first-order chi connectivity index (χ1) is 9.38. The van der Waals surface area contributed by atoms with Crippen LogP contribution in [0.1, 0.15) is 12.6 Å². The van der Waals surface area contributed by atoms with Crippen LogP contribution < -0.4 is 10.6 Å². The van der Waals surface area contributed by atoms with Crippen molar-refractivity contribution in [2.75, 3.05) is 32.5 Å². The second-order valence-corrected chi connectivity index (χ2v) is 4.41. The molecule has 0 atom stereocenters. The zero-order chi connectivity index (χ0) is 15.3. The minimum absolute atomic E-state index is 0.0224. The van der Waals surface area contributed by atoms with E-state index >= 15 is 0 Å². The van der Waals surface area contributed by atoms with Crippen LogP contribution in [0.2, 0.25) is 0 Å². The predicted octanol–water partition coefficient (Wildman–Crippen LogP) is 0.803. The lowest BCUT2D eigenvalue weighted by atomic mass is 10.4. The Morgan fingerprint density at radius 1 is 1.45 bits per heavy atom. The minimum Gasteiger partial charge on any atom is -0.363 e. The van der Waals surface area contributed by atoms with Crippen LogP contribution in [0.25, 0.3) is 0 Å². The molecule has 1 aromatic heterocycles. The minimum atomic E-state index is -0.449. The zero-order valence-corrected chi connectivity index (χ0v) is 12.1. The summed E-state index contributed by atoms with van der Waals surface area (Å²) in [6.45, 7) is 4.73. The lowest BCUT2D eigenvalue weighted by molar-refractivity contribution is -0.384. The summed E-state index contributed by atoms with van der Waals surface area (Å²) in [5.74, 6) is 0.370. The van der Waals surface area contributed by atoms with E-state index < -0.39 is 4.92 Å². The molecule has 0 saturated carbocycles. The van der Waals surface area contributed by atoms with Gasteiger partial charge in [0.1, 0.15) is 5.69 Å². The Morgan fingerprint density at radius 3 is 2.60 bits per heavy atom. The molecular weight excluding hydrogens is 264 g/mol. The highest BCUT2D eigenvalue weighted by atomic mass is 16.6. The number of aromatic nitrogens is 2. The van der Waals surface area contributed by atoms with Crippen LogP contribution in [-0.4, -0.2) is 52.8 Å². The van der Waals surface area contributed by atoms with Gasteiger partial charge in [-0.3, -0.25) is 10.1 Å². The van der Waals surface area contributed by atoms with Gasteiger partial charge in [0, 0.05) is 33.7 Å². The van der Waals surface area contributed by atoms with E-state index in [-0.39, 0.29) is 11.7 Å². The van der Waals surface area contributed by atoms with E-state index in [2.05, 4.69) is 15.7 Å². The molecular formula is C11H20N6O3. The van der Waals surface area contributed by atoms with Crippen LogP contribution in [0, 0.1) is 17.0 Å². The highest BCUT2D eigenvalue weighted by molar-refractivity contribution is 5.73. The third kappa shape index (κ3) is 3.59. The van der Waals surface area contributed by atoms with Crippen molar-refractivity contribution in [1.82, 2.24) is 20.0 Å². The van der Waals surface area contributed by atoms with E-state index in [4.69, 9.17) is 0 Å². The van der Waals surface area contributed by atoms with Gasteiger partial charge in [0.05, 0.1) is 4.92 Å². The van der Waals surface area contributed by atoms with Crippen molar-refractivity contribution in [1.29, 1.82) is 0 Å². The molecule has 2 amide bonds. The van der Waals surface area contributed by atoms with Gasteiger partial charge in [-0.1, -0.05) is 0 Å². The van der Waals surface area contributed by atoms with Gasteiger partial charge in [-0.05, 0) is 13.8 Å². The Labute approximate surface area is 117 Å². The van der Waals surface area contributed by atoms with Crippen molar-refractivity contribution >= 4 is 17.5 Å². The molecule has 1 heterocycles. The first kappa shape index (κ1) is 15.7. The number of amides is 2. The van der Waals surface area contributed by atoms with Crippen molar-refractivity contribution < 1.29 is 9.72 Å². The van der Waals surface area contributed by atoms with Crippen molar-refractivity contribution in [3.05, 3.63) is 15.8 Å². The van der Waals surface area contributed by atoms with E-state index in [0.717, 1.165) is 0 Å². The van der Waals surface area contributed by atoms with E-state index in [9.17, 15) is 14.9 Å². The molecule has 9 nitrogen and oxygen atoms in total. The van der Waals surface area contributed by atoms with E-state index in [1.54, 1.807) is 25.7 Å². The van der Waals surface area contributed by atoms with Gasteiger partial charge >= 0.3 is 11.7 Å². The summed E-state index contributed by atoms with van der Waals surface area (Å²) in [4.78, 5) is 23.3. The number of anilines is 1. The quantitative estimate of drug-likeness (QED) is 0.456. The van der Waals surface area contributed by atoms with Crippen LogP contribution in [0.15, 0.2) is 0 Å². The predicted molar refractivity (Wildman–Crippen MR) is 74.9 cm³/mol. The summed E-state index contributed by atoms with van der Waals surface area (Å²) >= 11 is 0. The molecule has 0 spiro atoms. The molecule has 1 rings (SSSR count). The lowest BCUT2D eigenvalue weighted by Crippen LogP contribution is -2.37. The fourth-order valence-corrected chi connectivity index (χ4v) is 1.70. The maximum Gasteiger partial charge on any atom is 0.333 e. The molecule has 0 aromatic carbocycles. The average molecular weight is 284 g/mol. The number of nitrogens with one attached hydrogen (secondary N) is 2. The number of hydrogen-bond donors (Lipinski definition) is 2. The van der Waals surface area contributed by atoms with Gasteiger partial charge in [0.25, 0.3) is 0 Å². The number of aryl methyl sites for hydroxylation is 2. The number of nitrogens with zero attached hydrogens (tertiary/aromatic N) is 4. The topological polar surface area (TPSA) is 105 Å². The van der Waals surface area contributed by atoms with E-state index in [0.29, 0.717) is 31.1 Å².